The Morgan fingerprint density at radius 1 is 0.559 bits per heavy atom. The standard InChI is InChI=1S/C24H22F6N2O2/c25-23(26,27)17-9-15(10-18(13-17)24(28,29)30)16-11-19(31-7-3-1-5-21(31)33)14-20(12-16)32-8-4-2-6-22(32)34/h9-14H,1-8H2. The summed E-state index contributed by atoms with van der Waals surface area (Å²) in [6.07, 6.45) is -6.53. The predicted molar refractivity (Wildman–Crippen MR) is 114 cm³/mol. The van der Waals surface area contributed by atoms with Gasteiger partial charge in [0.1, 0.15) is 0 Å². The van der Waals surface area contributed by atoms with Gasteiger partial charge >= 0.3 is 12.4 Å². The molecule has 0 radical (unpaired) electrons. The Bertz CT molecular complexity index is 1030. The fraction of sp³-hybridized carbons (Fsp3) is 0.417. The SMILES string of the molecule is O=C1CCCCN1c1cc(-c2cc(C(F)(F)F)cc(C(F)(F)F)c2)cc(N2CCCCC2=O)c1. The van der Waals surface area contributed by atoms with Crippen LogP contribution < -0.4 is 9.80 Å². The monoisotopic (exact) mass is 484 g/mol. The van der Waals surface area contributed by atoms with Crippen LogP contribution in [0, 0.1) is 0 Å². The van der Waals surface area contributed by atoms with Gasteiger partial charge in [0.15, 0.2) is 0 Å². The van der Waals surface area contributed by atoms with E-state index >= 15 is 0 Å². The molecule has 0 bridgehead atoms. The van der Waals surface area contributed by atoms with Gasteiger partial charge in [0.2, 0.25) is 11.8 Å². The van der Waals surface area contributed by atoms with Crippen molar-refractivity contribution in [2.24, 2.45) is 0 Å². The minimum atomic E-state index is -4.98. The number of anilines is 2. The van der Waals surface area contributed by atoms with Crippen LogP contribution in [0.2, 0.25) is 0 Å². The number of piperidine rings is 2. The molecule has 0 saturated carbocycles. The third-order valence-electron chi connectivity index (χ3n) is 6.09. The van der Waals surface area contributed by atoms with Gasteiger partial charge in [0.25, 0.3) is 0 Å². The molecule has 4 nitrogen and oxygen atoms in total. The van der Waals surface area contributed by atoms with E-state index in [0.717, 1.165) is 12.8 Å². The molecule has 2 amide bonds. The maximum atomic E-state index is 13.4. The average molecular weight is 484 g/mol. The van der Waals surface area contributed by atoms with Crippen molar-refractivity contribution in [2.75, 3.05) is 22.9 Å². The highest BCUT2D eigenvalue weighted by molar-refractivity contribution is 5.98. The highest BCUT2D eigenvalue weighted by Crippen LogP contribution is 2.40. The molecule has 0 aromatic heterocycles. The van der Waals surface area contributed by atoms with Crippen molar-refractivity contribution in [3.8, 4) is 11.1 Å². The number of nitrogens with zero attached hydrogens (tertiary/aromatic N) is 2. The second kappa shape index (κ2) is 8.96. The van der Waals surface area contributed by atoms with Crippen molar-refractivity contribution in [1.82, 2.24) is 0 Å². The van der Waals surface area contributed by atoms with E-state index in [1.165, 1.54) is 21.9 Å². The van der Waals surface area contributed by atoms with Crippen molar-refractivity contribution in [1.29, 1.82) is 0 Å². The van der Waals surface area contributed by atoms with E-state index in [1.807, 2.05) is 0 Å². The summed E-state index contributed by atoms with van der Waals surface area (Å²) in [4.78, 5) is 28.0. The van der Waals surface area contributed by atoms with Gasteiger partial charge in [-0.3, -0.25) is 9.59 Å². The largest absolute Gasteiger partial charge is 0.416 e. The first-order chi connectivity index (χ1) is 15.9. The Balaban J connectivity index is 1.90. The molecule has 0 atom stereocenters. The number of carbonyl (C=O) groups excluding carboxylic acids is 2. The van der Waals surface area contributed by atoms with Crippen molar-refractivity contribution < 1.29 is 35.9 Å². The van der Waals surface area contributed by atoms with Gasteiger partial charge < -0.3 is 9.80 Å². The summed E-state index contributed by atoms with van der Waals surface area (Å²) in [7, 11) is 0. The molecule has 2 heterocycles. The predicted octanol–water partition coefficient (Wildman–Crippen LogP) is 6.43. The Morgan fingerprint density at radius 2 is 0.971 bits per heavy atom. The molecule has 2 aliphatic heterocycles. The lowest BCUT2D eigenvalue weighted by Gasteiger charge is -2.31. The topological polar surface area (TPSA) is 40.6 Å². The number of alkyl halides is 6. The van der Waals surface area contributed by atoms with Crippen LogP contribution in [-0.2, 0) is 21.9 Å². The fourth-order valence-electron chi connectivity index (χ4n) is 4.35. The van der Waals surface area contributed by atoms with Crippen LogP contribution in [0.1, 0.15) is 49.7 Å². The first kappa shape index (κ1) is 24.1. The summed E-state index contributed by atoms with van der Waals surface area (Å²) in [6, 6.07) is 5.83. The lowest BCUT2D eigenvalue weighted by Crippen LogP contribution is -2.37. The van der Waals surface area contributed by atoms with E-state index < -0.39 is 23.5 Å². The van der Waals surface area contributed by atoms with Gasteiger partial charge in [-0.2, -0.15) is 26.3 Å². The number of hydrogen-bond acceptors (Lipinski definition) is 2. The summed E-state index contributed by atoms with van der Waals surface area (Å²) in [5.41, 5.74) is -2.37. The summed E-state index contributed by atoms with van der Waals surface area (Å²) in [6.45, 7) is 0.762. The molecule has 2 aromatic carbocycles. The normalized spacial score (nSPS) is 17.9. The lowest BCUT2D eigenvalue weighted by molar-refractivity contribution is -0.143. The molecule has 2 fully saturated rings. The lowest BCUT2D eigenvalue weighted by atomic mass is 9.97. The molecular formula is C24H22F6N2O2. The fourth-order valence-corrected chi connectivity index (χ4v) is 4.35. The van der Waals surface area contributed by atoms with E-state index in [9.17, 15) is 35.9 Å². The van der Waals surface area contributed by atoms with E-state index in [4.69, 9.17) is 0 Å². The van der Waals surface area contributed by atoms with Crippen LogP contribution in [0.25, 0.3) is 11.1 Å². The molecule has 182 valence electrons. The van der Waals surface area contributed by atoms with Gasteiger partial charge in [-0.25, -0.2) is 0 Å². The van der Waals surface area contributed by atoms with E-state index in [2.05, 4.69) is 0 Å². The number of halogens is 6. The zero-order chi connectivity index (χ0) is 24.7. The van der Waals surface area contributed by atoms with Gasteiger partial charge in [-0.05, 0) is 73.2 Å². The molecule has 2 aromatic rings. The molecule has 34 heavy (non-hydrogen) atoms. The van der Waals surface area contributed by atoms with Crippen LogP contribution in [0.5, 0.6) is 0 Å². The summed E-state index contributed by atoms with van der Waals surface area (Å²) < 4.78 is 80.5. The first-order valence-electron chi connectivity index (χ1n) is 11.0. The van der Waals surface area contributed by atoms with Crippen LogP contribution in [0.4, 0.5) is 37.7 Å². The number of benzene rings is 2. The van der Waals surface area contributed by atoms with Crippen LogP contribution in [0.15, 0.2) is 36.4 Å². The third kappa shape index (κ3) is 5.05. The van der Waals surface area contributed by atoms with Gasteiger partial charge in [0.05, 0.1) is 11.1 Å². The van der Waals surface area contributed by atoms with E-state index in [-0.39, 0.29) is 29.0 Å². The van der Waals surface area contributed by atoms with Crippen molar-refractivity contribution >= 4 is 23.2 Å². The number of hydrogen-bond donors (Lipinski definition) is 0. The van der Waals surface area contributed by atoms with Crippen LogP contribution in [0.3, 0.4) is 0 Å². The zero-order valence-corrected chi connectivity index (χ0v) is 18.1. The maximum Gasteiger partial charge on any atom is 0.416 e. The molecule has 2 aliphatic rings. The Hall–Kier alpha value is -3.04. The molecule has 0 spiro atoms. The third-order valence-corrected chi connectivity index (χ3v) is 6.09. The smallest absolute Gasteiger partial charge is 0.312 e. The minimum absolute atomic E-state index is 0.0702. The van der Waals surface area contributed by atoms with Crippen LogP contribution in [-0.4, -0.2) is 24.9 Å². The van der Waals surface area contributed by atoms with Crippen molar-refractivity contribution in [2.45, 2.75) is 50.9 Å². The molecule has 0 N–H and O–H groups in total. The first-order valence-corrected chi connectivity index (χ1v) is 11.0. The molecule has 0 unspecified atom stereocenters. The molecule has 10 heteroatoms. The molecule has 4 rings (SSSR count). The number of rotatable bonds is 3. The van der Waals surface area contributed by atoms with Gasteiger partial charge in [-0.1, -0.05) is 0 Å². The van der Waals surface area contributed by atoms with E-state index in [1.54, 1.807) is 6.07 Å². The van der Waals surface area contributed by atoms with E-state index in [0.29, 0.717) is 62.3 Å². The molecule has 2 saturated heterocycles. The van der Waals surface area contributed by atoms with Crippen LogP contribution >= 0.6 is 0 Å². The quantitative estimate of drug-likeness (QED) is 0.472. The zero-order valence-electron chi connectivity index (χ0n) is 18.1. The van der Waals surface area contributed by atoms with Crippen molar-refractivity contribution in [3.05, 3.63) is 47.5 Å². The Kier molecular flexibility index (Phi) is 6.35. The summed E-state index contributed by atoms with van der Waals surface area (Å²) >= 11 is 0. The summed E-state index contributed by atoms with van der Waals surface area (Å²) in [5.74, 6) is -0.362. The number of amides is 2. The Labute approximate surface area is 192 Å². The van der Waals surface area contributed by atoms with Gasteiger partial charge in [-0.15, -0.1) is 0 Å². The highest BCUT2D eigenvalue weighted by atomic mass is 19.4. The minimum Gasteiger partial charge on any atom is -0.312 e. The summed E-state index contributed by atoms with van der Waals surface area (Å²) in [5, 5.41) is 0. The second-order valence-corrected chi connectivity index (χ2v) is 8.54. The molecule has 0 aliphatic carbocycles. The van der Waals surface area contributed by atoms with Crippen molar-refractivity contribution in [3.63, 3.8) is 0 Å². The van der Waals surface area contributed by atoms with Gasteiger partial charge in [0, 0.05) is 37.3 Å². The molecular weight excluding hydrogens is 462 g/mol. The average Bonchev–Trinajstić information content (AvgIpc) is 2.78. The highest BCUT2D eigenvalue weighted by Gasteiger charge is 2.37. The second-order valence-electron chi connectivity index (χ2n) is 8.54. The Morgan fingerprint density at radius 3 is 1.35 bits per heavy atom. The number of carbonyl (C=O) groups is 2. The maximum absolute atomic E-state index is 13.4.